The molecule has 0 aromatic heterocycles. The summed E-state index contributed by atoms with van der Waals surface area (Å²) >= 11 is 0. The van der Waals surface area contributed by atoms with Gasteiger partial charge in [-0.1, -0.05) is 0 Å². The molecule has 0 bridgehead atoms. The molecule has 1 fully saturated rings. The van der Waals surface area contributed by atoms with Crippen molar-refractivity contribution in [2.24, 2.45) is 0 Å². The van der Waals surface area contributed by atoms with E-state index in [4.69, 9.17) is 10.5 Å². The number of nitrogens with zero attached hydrogens (tertiary/aromatic N) is 1. The summed E-state index contributed by atoms with van der Waals surface area (Å²) in [6, 6.07) is 2.88. The molecule has 1 amide bonds. The molecule has 0 aliphatic carbocycles. The number of nitrogen functional groups attached to an aromatic ring is 1. The summed E-state index contributed by atoms with van der Waals surface area (Å²) in [6.45, 7) is 0.761. The van der Waals surface area contributed by atoms with Gasteiger partial charge in [-0.05, 0) is 18.2 Å². The van der Waals surface area contributed by atoms with Crippen LogP contribution in [0.5, 0.6) is 0 Å². The third-order valence-electron chi connectivity index (χ3n) is 3.00. The molecule has 0 saturated carbocycles. The SMILES string of the molecule is COC1CN(C(=O)c2cc(N)cc(C(F)(F)F)c2)C1. The van der Waals surface area contributed by atoms with Crippen LogP contribution in [0.1, 0.15) is 15.9 Å². The van der Waals surface area contributed by atoms with E-state index in [0.717, 1.165) is 12.1 Å². The van der Waals surface area contributed by atoms with E-state index in [1.807, 2.05) is 0 Å². The molecule has 4 nitrogen and oxygen atoms in total. The van der Waals surface area contributed by atoms with E-state index in [1.54, 1.807) is 0 Å². The third-order valence-corrected chi connectivity index (χ3v) is 3.00. The fourth-order valence-electron chi connectivity index (χ4n) is 1.87. The largest absolute Gasteiger partial charge is 0.416 e. The second-order valence-corrected chi connectivity index (χ2v) is 4.41. The molecule has 1 aromatic rings. The van der Waals surface area contributed by atoms with Crippen LogP contribution in [0, 0.1) is 0 Å². The van der Waals surface area contributed by atoms with E-state index in [2.05, 4.69) is 0 Å². The molecule has 0 spiro atoms. The first-order chi connectivity index (χ1) is 8.81. The number of hydrogen-bond acceptors (Lipinski definition) is 3. The molecule has 0 radical (unpaired) electrons. The summed E-state index contributed by atoms with van der Waals surface area (Å²) in [5.74, 6) is -0.467. The standard InChI is InChI=1S/C12H13F3N2O2/c1-19-10-5-17(6-10)11(18)7-2-8(12(13,14)15)4-9(16)3-7/h2-4,10H,5-6,16H2,1H3. The van der Waals surface area contributed by atoms with Gasteiger partial charge < -0.3 is 15.4 Å². The van der Waals surface area contributed by atoms with Crippen LogP contribution >= 0.6 is 0 Å². The van der Waals surface area contributed by atoms with Gasteiger partial charge in [0.15, 0.2) is 0 Å². The number of anilines is 1. The maximum Gasteiger partial charge on any atom is 0.416 e. The number of carbonyl (C=O) groups is 1. The number of halogens is 3. The van der Waals surface area contributed by atoms with Crippen molar-refractivity contribution in [3.63, 3.8) is 0 Å². The first kappa shape index (κ1) is 13.7. The molecule has 104 valence electrons. The van der Waals surface area contributed by atoms with E-state index in [0.29, 0.717) is 13.1 Å². The molecule has 1 heterocycles. The lowest BCUT2D eigenvalue weighted by molar-refractivity contribution is -0.137. The van der Waals surface area contributed by atoms with Crippen LogP contribution in [0.2, 0.25) is 0 Å². The highest BCUT2D eigenvalue weighted by molar-refractivity contribution is 5.95. The normalized spacial score (nSPS) is 16.3. The molecule has 1 aliphatic heterocycles. The average Bonchev–Trinajstić information content (AvgIpc) is 2.25. The Balaban J connectivity index is 2.21. The second-order valence-electron chi connectivity index (χ2n) is 4.41. The Hall–Kier alpha value is -1.76. The number of nitrogens with two attached hydrogens (primary N) is 1. The number of methoxy groups -OCH3 is 1. The van der Waals surface area contributed by atoms with Crippen molar-refractivity contribution in [1.82, 2.24) is 4.90 Å². The van der Waals surface area contributed by atoms with Crippen molar-refractivity contribution in [2.45, 2.75) is 12.3 Å². The van der Waals surface area contributed by atoms with Gasteiger partial charge in [0.05, 0.1) is 11.7 Å². The van der Waals surface area contributed by atoms with Gasteiger partial charge in [0, 0.05) is 31.5 Å². The van der Waals surface area contributed by atoms with E-state index in [-0.39, 0.29) is 17.4 Å². The zero-order valence-corrected chi connectivity index (χ0v) is 10.2. The van der Waals surface area contributed by atoms with Crippen LogP contribution in [-0.2, 0) is 10.9 Å². The van der Waals surface area contributed by atoms with Crippen molar-refractivity contribution in [3.8, 4) is 0 Å². The Kier molecular flexibility index (Phi) is 3.40. The highest BCUT2D eigenvalue weighted by Crippen LogP contribution is 2.31. The number of rotatable bonds is 2. The fourth-order valence-corrected chi connectivity index (χ4v) is 1.87. The minimum absolute atomic E-state index is 0.0490. The number of alkyl halides is 3. The zero-order chi connectivity index (χ0) is 14.2. The van der Waals surface area contributed by atoms with Gasteiger partial charge in [0.25, 0.3) is 5.91 Å². The molecule has 2 rings (SSSR count). The molecule has 19 heavy (non-hydrogen) atoms. The molecule has 7 heteroatoms. The number of ether oxygens (including phenoxy) is 1. The molecule has 1 aromatic carbocycles. The summed E-state index contributed by atoms with van der Waals surface area (Å²) in [5, 5.41) is 0. The van der Waals surface area contributed by atoms with Crippen molar-refractivity contribution in [2.75, 3.05) is 25.9 Å². The predicted octanol–water partition coefficient (Wildman–Crippen LogP) is 1.76. The van der Waals surface area contributed by atoms with Crippen LogP contribution < -0.4 is 5.73 Å². The molecule has 1 saturated heterocycles. The Morgan fingerprint density at radius 2 is 2.00 bits per heavy atom. The summed E-state index contributed by atoms with van der Waals surface area (Å²) in [6.07, 6.45) is -4.57. The maximum atomic E-state index is 12.6. The van der Waals surface area contributed by atoms with E-state index in [1.165, 1.54) is 18.1 Å². The molecule has 2 N–H and O–H groups in total. The molecule has 0 unspecified atom stereocenters. The Morgan fingerprint density at radius 1 is 1.37 bits per heavy atom. The monoisotopic (exact) mass is 274 g/mol. The number of amides is 1. The van der Waals surface area contributed by atoms with Gasteiger partial charge in [-0.2, -0.15) is 13.2 Å². The van der Waals surface area contributed by atoms with E-state index >= 15 is 0 Å². The molecule has 1 aliphatic rings. The van der Waals surface area contributed by atoms with E-state index < -0.39 is 17.6 Å². The lowest BCUT2D eigenvalue weighted by atomic mass is 10.0. The maximum absolute atomic E-state index is 12.6. The predicted molar refractivity (Wildman–Crippen MR) is 62.6 cm³/mol. The summed E-state index contributed by atoms with van der Waals surface area (Å²) in [7, 11) is 1.52. The third kappa shape index (κ3) is 2.81. The first-order valence-electron chi connectivity index (χ1n) is 5.61. The summed E-state index contributed by atoms with van der Waals surface area (Å²) < 4.78 is 42.9. The lowest BCUT2D eigenvalue weighted by Gasteiger charge is -2.38. The van der Waals surface area contributed by atoms with Crippen LogP contribution in [0.25, 0.3) is 0 Å². The zero-order valence-electron chi connectivity index (χ0n) is 10.2. The van der Waals surface area contributed by atoms with Gasteiger partial charge in [-0.3, -0.25) is 4.79 Å². The van der Waals surface area contributed by atoms with Gasteiger partial charge >= 0.3 is 6.18 Å². The minimum Gasteiger partial charge on any atom is -0.399 e. The summed E-state index contributed by atoms with van der Waals surface area (Å²) in [4.78, 5) is 13.4. The van der Waals surface area contributed by atoms with Crippen LogP contribution in [0.15, 0.2) is 18.2 Å². The minimum atomic E-state index is -4.52. The quantitative estimate of drug-likeness (QED) is 0.836. The summed E-state index contributed by atoms with van der Waals surface area (Å²) in [5.41, 5.74) is 4.36. The van der Waals surface area contributed by atoms with Crippen molar-refractivity contribution < 1.29 is 22.7 Å². The van der Waals surface area contributed by atoms with Crippen molar-refractivity contribution in [1.29, 1.82) is 0 Å². The van der Waals surface area contributed by atoms with Crippen LogP contribution in [0.3, 0.4) is 0 Å². The van der Waals surface area contributed by atoms with Gasteiger partial charge in [-0.25, -0.2) is 0 Å². The van der Waals surface area contributed by atoms with Gasteiger partial charge in [-0.15, -0.1) is 0 Å². The van der Waals surface area contributed by atoms with Gasteiger partial charge in [0.2, 0.25) is 0 Å². The average molecular weight is 274 g/mol. The number of carbonyl (C=O) groups excluding carboxylic acids is 1. The van der Waals surface area contributed by atoms with E-state index in [9.17, 15) is 18.0 Å². The number of benzene rings is 1. The topological polar surface area (TPSA) is 55.6 Å². The van der Waals surface area contributed by atoms with Gasteiger partial charge in [0.1, 0.15) is 0 Å². The highest BCUT2D eigenvalue weighted by Gasteiger charge is 2.34. The van der Waals surface area contributed by atoms with Crippen molar-refractivity contribution in [3.05, 3.63) is 29.3 Å². The lowest BCUT2D eigenvalue weighted by Crippen LogP contribution is -2.54. The Labute approximate surface area is 107 Å². The smallest absolute Gasteiger partial charge is 0.399 e. The Morgan fingerprint density at radius 3 is 2.53 bits per heavy atom. The molecular weight excluding hydrogens is 261 g/mol. The highest BCUT2D eigenvalue weighted by atomic mass is 19.4. The fraction of sp³-hybridized carbons (Fsp3) is 0.417. The molecule has 0 atom stereocenters. The van der Waals surface area contributed by atoms with Crippen LogP contribution in [-0.4, -0.2) is 37.1 Å². The first-order valence-corrected chi connectivity index (χ1v) is 5.61. The van der Waals surface area contributed by atoms with Crippen molar-refractivity contribution >= 4 is 11.6 Å². The van der Waals surface area contributed by atoms with Crippen LogP contribution in [0.4, 0.5) is 18.9 Å². The second kappa shape index (κ2) is 4.73. The Bertz CT molecular complexity index is 496. The number of hydrogen-bond donors (Lipinski definition) is 1. The molecular formula is C12H13F3N2O2. The number of likely N-dealkylation sites (tertiary alicyclic amines) is 1.